The molecule has 1 aromatic carbocycles. The van der Waals surface area contributed by atoms with E-state index in [1.54, 1.807) is 0 Å². The van der Waals surface area contributed by atoms with Gasteiger partial charge in [-0.15, -0.1) is 11.6 Å². The van der Waals surface area contributed by atoms with Crippen molar-refractivity contribution in [3.8, 4) is 0 Å². The lowest BCUT2D eigenvalue weighted by atomic mass is 10.2. The maximum absolute atomic E-state index is 5.86. The number of benzene rings is 1. The Morgan fingerprint density at radius 2 is 2.09 bits per heavy atom. The maximum Gasteiger partial charge on any atom is 0.0550 e. The Morgan fingerprint density at radius 3 is 2.64 bits per heavy atom. The molecule has 0 amide bonds. The van der Waals surface area contributed by atoms with Crippen LogP contribution in [0.2, 0.25) is 5.02 Å². The average molecular weight is 254 g/mol. The van der Waals surface area contributed by atoms with Crippen molar-refractivity contribution < 1.29 is 0 Å². The Balaban J connectivity index is 2.86. The topological polar surface area (TPSA) is 0 Å². The molecule has 0 fully saturated rings. The molecule has 0 heterocycles. The average Bonchev–Trinajstić information content (AvgIpc) is 1.98. The third-order valence-corrected chi connectivity index (χ3v) is 2.79. The normalized spacial score (nSPS) is 10.1. The summed E-state index contributed by atoms with van der Waals surface area (Å²) in [6.45, 7) is 0. The van der Waals surface area contributed by atoms with E-state index in [9.17, 15) is 0 Å². The first-order valence-corrected chi connectivity index (χ1v) is 4.94. The Kier molecular flexibility index (Phi) is 3.70. The molecule has 0 nitrogen and oxygen atoms in total. The molecule has 0 unspecified atom stereocenters. The summed E-state index contributed by atoms with van der Waals surface area (Å²) >= 11 is 14.7. The van der Waals surface area contributed by atoms with Crippen LogP contribution in [0.1, 0.15) is 5.56 Å². The summed E-state index contributed by atoms with van der Waals surface area (Å²) in [7, 11) is 0. The fraction of sp³-hybridized carbons (Fsp3) is 0.250. The zero-order valence-corrected chi connectivity index (χ0v) is 8.88. The second-order valence-corrected chi connectivity index (χ2v) is 3.83. The molecule has 0 aromatic heterocycles. The summed E-state index contributed by atoms with van der Waals surface area (Å²) in [5, 5.41) is 0.743. The number of aryl methyl sites for hydroxylation is 1. The lowest BCUT2D eigenvalue weighted by molar-refractivity contribution is 1.15. The van der Waals surface area contributed by atoms with E-state index in [-0.39, 0.29) is 0 Å². The molecule has 11 heavy (non-hydrogen) atoms. The molecule has 0 atom stereocenters. The first-order chi connectivity index (χ1) is 5.24. The Morgan fingerprint density at radius 1 is 1.36 bits per heavy atom. The molecule has 3 heteroatoms. The predicted molar refractivity (Wildman–Crippen MR) is 53.6 cm³/mol. The molecular formula is C8H7BrCl2. The predicted octanol–water partition coefficient (Wildman–Crippen LogP) is 3.88. The standard InChI is InChI=1S/C8H7BrCl2/c9-7-2-1-6(3-4-10)5-8(7)11/h1-2,5H,3-4H2. The highest BCUT2D eigenvalue weighted by Gasteiger charge is 1.97. The molecule has 0 aliphatic rings. The van der Waals surface area contributed by atoms with Gasteiger partial charge in [0.1, 0.15) is 0 Å². The minimum absolute atomic E-state index is 0.637. The van der Waals surface area contributed by atoms with Crippen LogP contribution in [0.25, 0.3) is 0 Å². The smallest absolute Gasteiger partial charge is 0.0550 e. The third kappa shape index (κ3) is 2.66. The van der Waals surface area contributed by atoms with Crippen LogP contribution < -0.4 is 0 Å². The van der Waals surface area contributed by atoms with Gasteiger partial charge < -0.3 is 0 Å². The highest BCUT2D eigenvalue weighted by Crippen LogP contribution is 2.23. The first kappa shape index (κ1) is 9.37. The van der Waals surface area contributed by atoms with E-state index < -0.39 is 0 Å². The van der Waals surface area contributed by atoms with E-state index in [1.165, 1.54) is 5.56 Å². The van der Waals surface area contributed by atoms with Crippen LogP contribution >= 0.6 is 39.1 Å². The maximum atomic E-state index is 5.86. The molecular weight excluding hydrogens is 247 g/mol. The lowest BCUT2D eigenvalue weighted by Crippen LogP contribution is -1.85. The summed E-state index contributed by atoms with van der Waals surface area (Å²) in [6, 6.07) is 5.87. The van der Waals surface area contributed by atoms with Gasteiger partial charge in [0.15, 0.2) is 0 Å². The fourth-order valence-corrected chi connectivity index (χ4v) is 1.47. The van der Waals surface area contributed by atoms with Crippen molar-refractivity contribution in [2.45, 2.75) is 6.42 Å². The van der Waals surface area contributed by atoms with Gasteiger partial charge in [-0.25, -0.2) is 0 Å². The summed E-state index contributed by atoms with van der Waals surface area (Å²) in [4.78, 5) is 0. The van der Waals surface area contributed by atoms with Gasteiger partial charge >= 0.3 is 0 Å². The first-order valence-electron chi connectivity index (χ1n) is 3.24. The van der Waals surface area contributed by atoms with E-state index in [0.29, 0.717) is 5.88 Å². The number of alkyl halides is 1. The van der Waals surface area contributed by atoms with Gasteiger partial charge in [-0.3, -0.25) is 0 Å². The summed E-state index contributed by atoms with van der Waals surface area (Å²) in [5.74, 6) is 0.637. The fourth-order valence-electron chi connectivity index (χ4n) is 0.804. The van der Waals surface area contributed by atoms with E-state index in [2.05, 4.69) is 15.9 Å². The number of hydrogen-bond acceptors (Lipinski definition) is 0. The zero-order valence-electron chi connectivity index (χ0n) is 5.78. The second-order valence-electron chi connectivity index (χ2n) is 2.19. The molecule has 0 radical (unpaired) electrons. The van der Waals surface area contributed by atoms with Gasteiger partial charge in [0.2, 0.25) is 0 Å². The van der Waals surface area contributed by atoms with Crippen LogP contribution in [0.3, 0.4) is 0 Å². The van der Waals surface area contributed by atoms with Crippen molar-refractivity contribution in [1.82, 2.24) is 0 Å². The SMILES string of the molecule is ClCCc1ccc(Br)c(Cl)c1. The molecule has 60 valence electrons. The molecule has 0 N–H and O–H groups in total. The van der Waals surface area contributed by atoms with Gasteiger partial charge in [0.25, 0.3) is 0 Å². The summed E-state index contributed by atoms with van der Waals surface area (Å²) in [6.07, 6.45) is 0.870. The van der Waals surface area contributed by atoms with Crippen LogP contribution in [-0.4, -0.2) is 5.88 Å². The Hall–Kier alpha value is 0.280. The highest BCUT2D eigenvalue weighted by atomic mass is 79.9. The summed E-state index contributed by atoms with van der Waals surface area (Å²) < 4.78 is 0.928. The number of halogens is 3. The van der Waals surface area contributed by atoms with Crippen LogP contribution in [0.15, 0.2) is 22.7 Å². The van der Waals surface area contributed by atoms with Crippen molar-refractivity contribution in [1.29, 1.82) is 0 Å². The van der Waals surface area contributed by atoms with E-state index >= 15 is 0 Å². The van der Waals surface area contributed by atoms with Crippen LogP contribution in [-0.2, 0) is 6.42 Å². The molecule has 1 aromatic rings. The largest absolute Gasteiger partial charge is 0.126 e. The monoisotopic (exact) mass is 252 g/mol. The van der Waals surface area contributed by atoms with Crippen molar-refractivity contribution in [2.24, 2.45) is 0 Å². The molecule has 0 aliphatic carbocycles. The molecule has 0 aliphatic heterocycles. The molecule has 0 saturated heterocycles. The zero-order chi connectivity index (χ0) is 8.27. The number of hydrogen-bond donors (Lipinski definition) is 0. The molecule has 0 bridgehead atoms. The van der Waals surface area contributed by atoms with Crippen LogP contribution in [0.5, 0.6) is 0 Å². The quantitative estimate of drug-likeness (QED) is 0.702. The third-order valence-electron chi connectivity index (χ3n) is 1.37. The van der Waals surface area contributed by atoms with E-state index in [1.807, 2.05) is 18.2 Å². The van der Waals surface area contributed by atoms with Crippen LogP contribution in [0.4, 0.5) is 0 Å². The van der Waals surface area contributed by atoms with Crippen molar-refractivity contribution in [3.05, 3.63) is 33.3 Å². The minimum atomic E-state index is 0.637. The lowest BCUT2D eigenvalue weighted by Gasteiger charge is -1.99. The molecule has 0 spiro atoms. The van der Waals surface area contributed by atoms with Gasteiger partial charge in [0, 0.05) is 10.4 Å². The van der Waals surface area contributed by atoms with Crippen molar-refractivity contribution >= 4 is 39.1 Å². The van der Waals surface area contributed by atoms with Crippen molar-refractivity contribution in [2.75, 3.05) is 5.88 Å². The van der Waals surface area contributed by atoms with Crippen LogP contribution in [0, 0.1) is 0 Å². The number of rotatable bonds is 2. The van der Waals surface area contributed by atoms with Crippen molar-refractivity contribution in [3.63, 3.8) is 0 Å². The van der Waals surface area contributed by atoms with Gasteiger partial charge in [-0.05, 0) is 40.0 Å². The molecule has 0 saturated carbocycles. The Labute approximate surface area is 84.6 Å². The van der Waals surface area contributed by atoms with E-state index in [0.717, 1.165) is 15.9 Å². The van der Waals surface area contributed by atoms with Gasteiger partial charge in [0.05, 0.1) is 5.02 Å². The van der Waals surface area contributed by atoms with Gasteiger partial charge in [-0.2, -0.15) is 0 Å². The van der Waals surface area contributed by atoms with E-state index in [4.69, 9.17) is 23.2 Å². The Bertz CT molecular complexity index is 248. The minimum Gasteiger partial charge on any atom is -0.126 e. The highest BCUT2D eigenvalue weighted by molar-refractivity contribution is 9.10. The second kappa shape index (κ2) is 4.34. The molecule has 1 rings (SSSR count). The van der Waals surface area contributed by atoms with Gasteiger partial charge in [-0.1, -0.05) is 17.7 Å². The summed E-state index contributed by atoms with van der Waals surface area (Å²) in [5.41, 5.74) is 1.17.